The van der Waals surface area contributed by atoms with Crippen LogP contribution in [0.1, 0.15) is 42.8 Å². The van der Waals surface area contributed by atoms with Crippen LogP contribution in [-0.2, 0) is 9.53 Å². The van der Waals surface area contributed by atoms with E-state index in [-0.39, 0.29) is 11.7 Å². The fourth-order valence-electron chi connectivity index (χ4n) is 2.38. The van der Waals surface area contributed by atoms with E-state index in [9.17, 15) is 9.59 Å². The summed E-state index contributed by atoms with van der Waals surface area (Å²) in [4.78, 5) is 27.1. The minimum atomic E-state index is -0.933. The number of aryl methyl sites for hydroxylation is 1. The molecule has 2 atom stereocenters. The molecule has 1 aromatic rings. The second-order valence-electron chi connectivity index (χ2n) is 4.71. The van der Waals surface area contributed by atoms with Crippen molar-refractivity contribution >= 4 is 5.97 Å². The van der Waals surface area contributed by atoms with E-state index in [4.69, 9.17) is 9.84 Å². The third-order valence-corrected chi connectivity index (χ3v) is 3.26. The smallest absolute Gasteiger partial charge is 0.348 e. The molecule has 19 heavy (non-hydrogen) atoms. The summed E-state index contributed by atoms with van der Waals surface area (Å²) in [7, 11) is 1.55. The number of rotatable bonds is 5. The van der Waals surface area contributed by atoms with Crippen LogP contribution in [0.2, 0.25) is 0 Å². The van der Waals surface area contributed by atoms with Crippen LogP contribution in [0, 0.1) is 13.8 Å². The number of aliphatic carboxylic acids is 1. The fraction of sp³-hybridized carbons (Fsp3) is 0.615. The van der Waals surface area contributed by atoms with Gasteiger partial charge in [-0.05, 0) is 27.7 Å². The fourth-order valence-corrected chi connectivity index (χ4v) is 2.38. The topological polar surface area (TPSA) is 81.4 Å². The van der Waals surface area contributed by atoms with Crippen LogP contribution >= 0.6 is 0 Å². The van der Waals surface area contributed by atoms with Crippen molar-refractivity contribution in [2.24, 2.45) is 0 Å². The molecule has 1 heterocycles. The van der Waals surface area contributed by atoms with Gasteiger partial charge in [-0.3, -0.25) is 9.36 Å². The molecule has 0 bridgehead atoms. The number of ether oxygens (including phenoxy) is 1. The third-order valence-electron chi connectivity index (χ3n) is 3.26. The molecule has 0 aliphatic heterocycles. The SMILES string of the molecule is COCC(C)n1c(C)c(C(C)C(=O)O)c(C)nc1=O. The van der Waals surface area contributed by atoms with Gasteiger partial charge in [0.15, 0.2) is 0 Å². The molecule has 0 amide bonds. The number of aromatic nitrogens is 2. The van der Waals surface area contributed by atoms with Crippen LogP contribution in [-0.4, -0.2) is 34.3 Å². The van der Waals surface area contributed by atoms with E-state index < -0.39 is 11.9 Å². The maximum Gasteiger partial charge on any atom is 0.348 e. The zero-order chi connectivity index (χ0) is 14.7. The number of methoxy groups -OCH3 is 1. The first-order valence-electron chi connectivity index (χ1n) is 6.12. The summed E-state index contributed by atoms with van der Waals surface area (Å²) in [6, 6.07) is -0.189. The van der Waals surface area contributed by atoms with Crippen LogP contribution in [0.4, 0.5) is 0 Å². The quantitative estimate of drug-likeness (QED) is 0.869. The molecule has 0 saturated carbocycles. The monoisotopic (exact) mass is 268 g/mol. The van der Waals surface area contributed by atoms with Gasteiger partial charge in [0, 0.05) is 24.1 Å². The maximum atomic E-state index is 12.0. The van der Waals surface area contributed by atoms with E-state index in [1.165, 1.54) is 4.57 Å². The second-order valence-corrected chi connectivity index (χ2v) is 4.71. The Morgan fingerprint density at radius 2 is 2.00 bits per heavy atom. The van der Waals surface area contributed by atoms with Crippen LogP contribution in [0.3, 0.4) is 0 Å². The van der Waals surface area contributed by atoms with Crippen molar-refractivity contribution in [3.8, 4) is 0 Å². The Kier molecular flexibility index (Phi) is 4.83. The van der Waals surface area contributed by atoms with Crippen molar-refractivity contribution in [3.63, 3.8) is 0 Å². The maximum absolute atomic E-state index is 12.0. The number of hydrogen-bond acceptors (Lipinski definition) is 4. The highest BCUT2D eigenvalue weighted by atomic mass is 16.5. The van der Waals surface area contributed by atoms with E-state index >= 15 is 0 Å². The van der Waals surface area contributed by atoms with E-state index in [2.05, 4.69) is 4.98 Å². The van der Waals surface area contributed by atoms with E-state index in [1.807, 2.05) is 6.92 Å². The standard InChI is InChI=1S/C13H20N2O4/c1-7(6-19-5)15-10(4)11(8(2)12(16)17)9(3)14-13(15)18/h7-8H,6H2,1-5H3,(H,16,17). The van der Waals surface area contributed by atoms with Gasteiger partial charge >= 0.3 is 11.7 Å². The Morgan fingerprint density at radius 1 is 1.42 bits per heavy atom. The normalized spacial score (nSPS) is 14.2. The Bertz CT molecular complexity index is 536. The Morgan fingerprint density at radius 3 is 2.47 bits per heavy atom. The molecular formula is C13H20N2O4. The zero-order valence-electron chi connectivity index (χ0n) is 11.9. The first kappa shape index (κ1) is 15.4. The minimum absolute atomic E-state index is 0.189. The summed E-state index contributed by atoms with van der Waals surface area (Å²) in [5.74, 6) is -1.63. The summed E-state index contributed by atoms with van der Waals surface area (Å²) in [6.45, 7) is 7.21. The molecule has 106 valence electrons. The molecule has 0 fully saturated rings. The van der Waals surface area contributed by atoms with Crippen LogP contribution in [0.15, 0.2) is 4.79 Å². The van der Waals surface area contributed by atoms with Crippen molar-refractivity contribution in [2.45, 2.75) is 39.7 Å². The molecular weight excluding hydrogens is 248 g/mol. The van der Waals surface area contributed by atoms with Gasteiger partial charge in [0.05, 0.1) is 18.6 Å². The van der Waals surface area contributed by atoms with Crippen molar-refractivity contribution in [2.75, 3.05) is 13.7 Å². The van der Waals surface area contributed by atoms with Gasteiger partial charge in [0.25, 0.3) is 0 Å². The highest BCUT2D eigenvalue weighted by Crippen LogP contribution is 2.22. The lowest BCUT2D eigenvalue weighted by Gasteiger charge is -2.21. The summed E-state index contributed by atoms with van der Waals surface area (Å²) >= 11 is 0. The molecule has 0 saturated heterocycles. The summed E-state index contributed by atoms with van der Waals surface area (Å²) < 4.78 is 6.53. The van der Waals surface area contributed by atoms with Gasteiger partial charge in [0.1, 0.15) is 0 Å². The number of nitrogens with zero attached hydrogens (tertiary/aromatic N) is 2. The zero-order valence-corrected chi connectivity index (χ0v) is 11.9. The predicted molar refractivity (Wildman–Crippen MR) is 70.6 cm³/mol. The van der Waals surface area contributed by atoms with E-state index in [0.29, 0.717) is 23.6 Å². The minimum Gasteiger partial charge on any atom is -0.481 e. The lowest BCUT2D eigenvalue weighted by atomic mass is 9.98. The van der Waals surface area contributed by atoms with E-state index in [1.54, 1.807) is 27.9 Å². The highest BCUT2D eigenvalue weighted by molar-refractivity contribution is 5.76. The first-order chi connectivity index (χ1) is 8.81. The first-order valence-corrected chi connectivity index (χ1v) is 6.12. The Balaban J connectivity index is 3.47. The number of hydrogen-bond donors (Lipinski definition) is 1. The number of carboxylic acid groups (broad SMARTS) is 1. The molecule has 2 unspecified atom stereocenters. The van der Waals surface area contributed by atoms with Gasteiger partial charge in [-0.15, -0.1) is 0 Å². The van der Waals surface area contributed by atoms with Crippen LogP contribution in [0.5, 0.6) is 0 Å². The van der Waals surface area contributed by atoms with Crippen LogP contribution < -0.4 is 5.69 Å². The van der Waals surface area contributed by atoms with Gasteiger partial charge in [0.2, 0.25) is 0 Å². The average molecular weight is 268 g/mol. The lowest BCUT2D eigenvalue weighted by molar-refractivity contribution is -0.138. The lowest BCUT2D eigenvalue weighted by Crippen LogP contribution is -2.33. The molecule has 1 rings (SSSR count). The van der Waals surface area contributed by atoms with Gasteiger partial charge in [-0.2, -0.15) is 4.98 Å². The molecule has 0 aromatic carbocycles. The molecule has 0 aliphatic carbocycles. The Hall–Kier alpha value is -1.69. The van der Waals surface area contributed by atoms with Gasteiger partial charge < -0.3 is 9.84 Å². The van der Waals surface area contributed by atoms with Gasteiger partial charge in [-0.25, -0.2) is 4.79 Å². The third kappa shape index (κ3) is 3.01. The molecule has 0 radical (unpaired) electrons. The summed E-state index contributed by atoms with van der Waals surface area (Å²) in [5.41, 5.74) is 1.33. The summed E-state index contributed by atoms with van der Waals surface area (Å²) in [6.07, 6.45) is 0. The average Bonchev–Trinajstić information content (AvgIpc) is 2.28. The molecule has 0 spiro atoms. The number of carboxylic acids is 1. The number of carbonyl (C=O) groups is 1. The van der Waals surface area contributed by atoms with Crippen LogP contribution in [0.25, 0.3) is 0 Å². The van der Waals surface area contributed by atoms with Gasteiger partial charge in [-0.1, -0.05) is 0 Å². The summed E-state index contributed by atoms with van der Waals surface area (Å²) in [5, 5.41) is 9.15. The highest BCUT2D eigenvalue weighted by Gasteiger charge is 2.23. The second kappa shape index (κ2) is 5.97. The molecule has 6 heteroatoms. The van der Waals surface area contributed by atoms with Crippen molar-refractivity contribution in [1.82, 2.24) is 9.55 Å². The van der Waals surface area contributed by atoms with Crippen molar-refractivity contribution < 1.29 is 14.6 Å². The van der Waals surface area contributed by atoms with Crippen molar-refractivity contribution in [1.29, 1.82) is 0 Å². The molecule has 1 aromatic heterocycles. The Labute approximate surface area is 112 Å². The molecule has 1 N–H and O–H groups in total. The largest absolute Gasteiger partial charge is 0.481 e. The molecule has 6 nitrogen and oxygen atoms in total. The predicted octanol–water partition coefficient (Wildman–Crippen LogP) is 1.26. The molecule has 0 aliphatic rings. The van der Waals surface area contributed by atoms with Crippen molar-refractivity contribution in [3.05, 3.63) is 27.4 Å². The van der Waals surface area contributed by atoms with E-state index in [0.717, 1.165) is 0 Å².